The Hall–Kier alpha value is -0.770. The Morgan fingerprint density at radius 3 is 2.64 bits per heavy atom. The van der Waals surface area contributed by atoms with Gasteiger partial charge in [-0.3, -0.25) is 0 Å². The molecule has 2 rings (SSSR count). The zero-order valence-corrected chi connectivity index (χ0v) is 8.83. The van der Waals surface area contributed by atoms with Crippen LogP contribution in [0.15, 0.2) is 0 Å². The van der Waals surface area contributed by atoms with Crippen molar-refractivity contribution in [2.24, 2.45) is 0 Å². The molecule has 0 bridgehead atoms. The van der Waals surface area contributed by atoms with Gasteiger partial charge in [-0.05, 0) is 19.8 Å². The van der Waals surface area contributed by atoms with Crippen LogP contribution < -0.4 is 5.32 Å². The second kappa shape index (κ2) is 4.17. The molecule has 0 radical (unpaired) electrons. The van der Waals surface area contributed by atoms with E-state index in [0.717, 1.165) is 32.7 Å². The van der Waals surface area contributed by atoms with E-state index in [4.69, 9.17) is 0 Å². The quantitative estimate of drug-likeness (QED) is 0.613. The summed E-state index contributed by atoms with van der Waals surface area (Å²) in [7, 11) is 0. The zero-order valence-electron chi connectivity index (χ0n) is 8.83. The van der Waals surface area contributed by atoms with Crippen molar-refractivity contribution >= 4 is 6.03 Å². The van der Waals surface area contributed by atoms with Crippen molar-refractivity contribution in [1.82, 2.24) is 15.1 Å². The van der Waals surface area contributed by atoms with Crippen molar-refractivity contribution in [2.75, 3.05) is 32.7 Å². The number of piperazine rings is 1. The second-order valence-electron chi connectivity index (χ2n) is 4.22. The minimum atomic E-state index is 0.247. The van der Waals surface area contributed by atoms with Gasteiger partial charge in [0.15, 0.2) is 0 Å². The largest absolute Gasteiger partial charge is 0.325 e. The summed E-state index contributed by atoms with van der Waals surface area (Å²) in [6.45, 7) is 6.74. The molecule has 14 heavy (non-hydrogen) atoms. The maximum atomic E-state index is 12.0. The number of carbonyl (C=O) groups excluding carboxylic acids is 1. The molecular formula is C10H19N3O. The number of amides is 2. The number of likely N-dealkylation sites (tertiary alicyclic amines) is 1. The molecule has 0 aromatic heterocycles. The molecule has 2 aliphatic heterocycles. The van der Waals surface area contributed by atoms with Crippen molar-refractivity contribution in [3.63, 3.8) is 0 Å². The van der Waals surface area contributed by atoms with Crippen molar-refractivity contribution in [1.29, 1.82) is 0 Å². The lowest BCUT2D eigenvalue weighted by Gasteiger charge is -2.36. The summed E-state index contributed by atoms with van der Waals surface area (Å²) in [5.41, 5.74) is 0. The number of hydrogen-bond donors (Lipinski definition) is 1. The molecule has 0 saturated carbocycles. The number of carbonyl (C=O) groups is 1. The lowest BCUT2D eigenvalue weighted by molar-refractivity contribution is 0.133. The van der Waals surface area contributed by atoms with Crippen LogP contribution in [-0.2, 0) is 0 Å². The van der Waals surface area contributed by atoms with Crippen LogP contribution in [0.5, 0.6) is 0 Å². The van der Waals surface area contributed by atoms with Crippen molar-refractivity contribution in [2.45, 2.75) is 25.8 Å². The molecule has 2 saturated heterocycles. The fraction of sp³-hybridized carbons (Fsp3) is 0.900. The smallest absolute Gasteiger partial charge is 0.320 e. The van der Waals surface area contributed by atoms with E-state index in [1.165, 1.54) is 12.8 Å². The van der Waals surface area contributed by atoms with Gasteiger partial charge < -0.3 is 15.1 Å². The molecule has 0 aromatic rings. The third kappa shape index (κ3) is 1.85. The van der Waals surface area contributed by atoms with Gasteiger partial charge in [0.1, 0.15) is 0 Å². The van der Waals surface area contributed by atoms with Crippen LogP contribution in [0.2, 0.25) is 0 Å². The highest BCUT2D eigenvalue weighted by atomic mass is 16.2. The summed E-state index contributed by atoms with van der Waals surface area (Å²) in [6, 6.07) is 0.591. The van der Waals surface area contributed by atoms with Crippen molar-refractivity contribution in [3.05, 3.63) is 0 Å². The average molecular weight is 197 g/mol. The van der Waals surface area contributed by atoms with E-state index in [1.54, 1.807) is 0 Å². The Morgan fingerprint density at radius 2 is 2.00 bits per heavy atom. The molecule has 4 heteroatoms. The highest BCUT2D eigenvalue weighted by Gasteiger charge is 2.28. The maximum Gasteiger partial charge on any atom is 0.320 e. The van der Waals surface area contributed by atoms with Gasteiger partial charge in [-0.15, -0.1) is 0 Å². The Labute approximate surface area is 85.2 Å². The predicted molar refractivity (Wildman–Crippen MR) is 55.2 cm³/mol. The SMILES string of the molecule is C[C@@H]1CNCCN1C(=O)N1CCCC1. The van der Waals surface area contributed by atoms with Gasteiger partial charge in [0.2, 0.25) is 0 Å². The first-order chi connectivity index (χ1) is 6.79. The Morgan fingerprint density at radius 1 is 1.29 bits per heavy atom. The first-order valence-corrected chi connectivity index (χ1v) is 5.55. The van der Waals surface area contributed by atoms with Crippen LogP contribution in [-0.4, -0.2) is 54.6 Å². The van der Waals surface area contributed by atoms with Crippen molar-refractivity contribution < 1.29 is 4.79 Å². The Balaban J connectivity index is 1.94. The second-order valence-corrected chi connectivity index (χ2v) is 4.22. The van der Waals surface area contributed by atoms with Gasteiger partial charge in [-0.25, -0.2) is 4.79 Å². The van der Waals surface area contributed by atoms with Gasteiger partial charge in [-0.1, -0.05) is 0 Å². The van der Waals surface area contributed by atoms with E-state index in [0.29, 0.717) is 6.04 Å². The normalized spacial score (nSPS) is 28.2. The first kappa shape index (κ1) is 9.77. The standard InChI is InChI=1S/C10H19N3O/c1-9-8-11-4-7-13(9)10(14)12-5-2-3-6-12/h9,11H,2-8H2,1H3/t9-/m1/s1. The Bertz CT molecular complexity index is 213. The van der Waals surface area contributed by atoms with E-state index in [1.807, 2.05) is 9.80 Å². The van der Waals surface area contributed by atoms with E-state index in [9.17, 15) is 4.79 Å². The van der Waals surface area contributed by atoms with Crippen LogP contribution in [0.25, 0.3) is 0 Å². The third-order valence-electron chi connectivity index (χ3n) is 3.12. The summed E-state index contributed by atoms with van der Waals surface area (Å²) >= 11 is 0. The van der Waals surface area contributed by atoms with E-state index >= 15 is 0 Å². The highest BCUT2D eigenvalue weighted by molar-refractivity contribution is 5.75. The number of hydrogen-bond acceptors (Lipinski definition) is 2. The van der Waals surface area contributed by atoms with Crippen LogP contribution in [0.3, 0.4) is 0 Å². The summed E-state index contributed by atoms with van der Waals surface area (Å²) in [5, 5.41) is 3.30. The predicted octanol–water partition coefficient (Wildman–Crippen LogP) is 0.496. The molecule has 2 aliphatic rings. The van der Waals surface area contributed by atoms with Gasteiger partial charge in [0.05, 0.1) is 0 Å². The topological polar surface area (TPSA) is 35.6 Å². The number of nitrogens with one attached hydrogen (secondary N) is 1. The summed E-state index contributed by atoms with van der Waals surface area (Å²) in [5.74, 6) is 0. The summed E-state index contributed by atoms with van der Waals surface area (Å²) in [6.07, 6.45) is 2.35. The van der Waals surface area contributed by atoms with E-state index in [-0.39, 0.29) is 6.03 Å². The van der Waals surface area contributed by atoms with Crippen LogP contribution in [0.1, 0.15) is 19.8 Å². The first-order valence-electron chi connectivity index (χ1n) is 5.55. The third-order valence-corrected chi connectivity index (χ3v) is 3.12. The van der Waals surface area contributed by atoms with E-state index in [2.05, 4.69) is 12.2 Å². The van der Waals surface area contributed by atoms with Gasteiger partial charge in [0.25, 0.3) is 0 Å². The van der Waals surface area contributed by atoms with Crippen LogP contribution >= 0.6 is 0 Å². The molecule has 2 heterocycles. The molecule has 0 aliphatic carbocycles. The monoisotopic (exact) mass is 197 g/mol. The van der Waals surface area contributed by atoms with Gasteiger partial charge in [-0.2, -0.15) is 0 Å². The molecule has 1 atom stereocenters. The minimum absolute atomic E-state index is 0.247. The molecule has 2 fully saturated rings. The molecule has 1 N–H and O–H groups in total. The molecule has 4 nitrogen and oxygen atoms in total. The fourth-order valence-electron chi connectivity index (χ4n) is 2.22. The maximum absolute atomic E-state index is 12.0. The lowest BCUT2D eigenvalue weighted by Crippen LogP contribution is -2.55. The molecule has 2 amide bonds. The minimum Gasteiger partial charge on any atom is -0.325 e. The molecule has 0 unspecified atom stereocenters. The fourth-order valence-corrected chi connectivity index (χ4v) is 2.22. The van der Waals surface area contributed by atoms with Gasteiger partial charge in [0, 0.05) is 38.8 Å². The number of rotatable bonds is 0. The van der Waals surface area contributed by atoms with Gasteiger partial charge >= 0.3 is 6.03 Å². The zero-order chi connectivity index (χ0) is 9.97. The highest BCUT2D eigenvalue weighted by Crippen LogP contribution is 2.13. The Kier molecular flexibility index (Phi) is 2.91. The number of urea groups is 1. The van der Waals surface area contributed by atoms with Crippen molar-refractivity contribution in [3.8, 4) is 0 Å². The van der Waals surface area contributed by atoms with E-state index < -0.39 is 0 Å². The summed E-state index contributed by atoms with van der Waals surface area (Å²) < 4.78 is 0. The average Bonchev–Trinajstić information content (AvgIpc) is 2.70. The van der Waals surface area contributed by atoms with Crippen LogP contribution in [0, 0.1) is 0 Å². The summed E-state index contributed by atoms with van der Waals surface area (Å²) in [4.78, 5) is 16.0. The molecule has 80 valence electrons. The van der Waals surface area contributed by atoms with Crippen LogP contribution in [0.4, 0.5) is 4.79 Å². The molecule has 0 spiro atoms. The lowest BCUT2D eigenvalue weighted by atomic mass is 10.2. The number of nitrogens with zero attached hydrogens (tertiary/aromatic N) is 2. The molecular weight excluding hydrogens is 178 g/mol. The molecule has 0 aromatic carbocycles.